The summed E-state index contributed by atoms with van der Waals surface area (Å²) in [6.07, 6.45) is 11.9. The van der Waals surface area contributed by atoms with E-state index in [1.54, 1.807) is 0 Å². The summed E-state index contributed by atoms with van der Waals surface area (Å²) in [7, 11) is 0. The molecule has 0 aromatic heterocycles. The van der Waals surface area contributed by atoms with E-state index in [-0.39, 0.29) is 11.7 Å². The summed E-state index contributed by atoms with van der Waals surface area (Å²) in [5.74, 6) is 2.31. The Kier molecular flexibility index (Phi) is 3.25. The molecule has 2 nitrogen and oxygen atoms in total. The molecule has 6 atom stereocenters. The fraction of sp³-hybridized carbons (Fsp3) is 0.900. The van der Waals surface area contributed by atoms with Gasteiger partial charge in [-0.3, -0.25) is 0 Å². The van der Waals surface area contributed by atoms with E-state index in [0.29, 0.717) is 16.7 Å². The normalized spacial score (nSPS) is 54.4. The number of ether oxygens (including phenoxy) is 2. The van der Waals surface area contributed by atoms with E-state index < -0.39 is 0 Å². The highest BCUT2D eigenvalue weighted by molar-refractivity contribution is 5.20. The second kappa shape index (κ2) is 4.75. The molecule has 0 aromatic rings. The number of hydrogen-bond donors (Lipinski definition) is 0. The maximum Gasteiger partial charge on any atom is 0.127 e. The van der Waals surface area contributed by atoms with Crippen LogP contribution in [-0.2, 0) is 9.47 Å². The minimum Gasteiger partial charge on any atom is -0.495 e. The van der Waals surface area contributed by atoms with Crippen LogP contribution in [0.25, 0.3) is 0 Å². The standard InChI is InChI=1S/C20H32O2/c1-14-8-9-15-18(2,3)16-12-20(14,15)13-17-19(16,4)22-11-7-5-6-10-21-17/h6,10,14-17H,5,7-9,11-13H2,1-4H3/b10-6-/t14-,15+,16-,17+,19-,20-/m1/s1. The first-order chi connectivity index (χ1) is 10.4. The quantitative estimate of drug-likeness (QED) is 0.631. The lowest BCUT2D eigenvalue weighted by molar-refractivity contribution is -0.188. The van der Waals surface area contributed by atoms with Crippen molar-refractivity contribution < 1.29 is 9.47 Å². The molecule has 124 valence electrons. The molecule has 1 heterocycles. The highest BCUT2D eigenvalue weighted by Crippen LogP contribution is 2.73. The summed E-state index contributed by atoms with van der Waals surface area (Å²) in [5.41, 5.74) is 0.756. The molecule has 22 heavy (non-hydrogen) atoms. The van der Waals surface area contributed by atoms with E-state index in [4.69, 9.17) is 9.47 Å². The van der Waals surface area contributed by atoms with Crippen LogP contribution in [0.15, 0.2) is 12.3 Å². The van der Waals surface area contributed by atoms with E-state index in [0.717, 1.165) is 31.3 Å². The molecule has 0 N–H and O–H groups in total. The van der Waals surface area contributed by atoms with Crippen LogP contribution in [0.1, 0.15) is 66.2 Å². The van der Waals surface area contributed by atoms with Crippen LogP contribution in [0, 0.1) is 28.6 Å². The molecule has 4 rings (SSSR count). The van der Waals surface area contributed by atoms with E-state index in [1.807, 2.05) is 6.26 Å². The van der Waals surface area contributed by atoms with Crippen LogP contribution < -0.4 is 0 Å². The number of hydrogen-bond acceptors (Lipinski definition) is 2. The van der Waals surface area contributed by atoms with Gasteiger partial charge in [0.15, 0.2) is 0 Å². The lowest BCUT2D eigenvalue weighted by Crippen LogP contribution is -2.56. The van der Waals surface area contributed by atoms with Crippen molar-refractivity contribution in [2.45, 2.75) is 77.9 Å². The average molecular weight is 304 g/mol. The van der Waals surface area contributed by atoms with Crippen molar-refractivity contribution in [1.29, 1.82) is 0 Å². The number of rotatable bonds is 0. The SMILES string of the molecule is C[C@@H]1CC[C@H]2C(C)(C)[C@H]3C[C@@]12C[C@@H]1O/C=C\CCCO[C@@]13C. The van der Waals surface area contributed by atoms with Gasteiger partial charge in [-0.05, 0) is 80.1 Å². The lowest BCUT2D eigenvalue weighted by atomic mass is 9.62. The van der Waals surface area contributed by atoms with Gasteiger partial charge in [0.05, 0.1) is 6.26 Å². The zero-order valence-electron chi connectivity index (χ0n) is 14.7. The molecular weight excluding hydrogens is 272 g/mol. The summed E-state index contributed by atoms with van der Waals surface area (Å²) in [6.45, 7) is 10.7. The predicted octanol–water partition coefficient (Wildman–Crippen LogP) is 4.94. The minimum absolute atomic E-state index is 0.118. The summed E-state index contributed by atoms with van der Waals surface area (Å²) in [4.78, 5) is 0. The van der Waals surface area contributed by atoms with E-state index in [2.05, 4.69) is 33.8 Å². The molecule has 4 aliphatic rings. The van der Waals surface area contributed by atoms with Gasteiger partial charge in [0.2, 0.25) is 0 Å². The Morgan fingerprint density at radius 2 is 1.86 bits per heavy atom. The third-order valence-electron chi connectivity index (χ3n) is 8.11. The Balaban J connectivity index is 1.77. The van der Waals surface area contributed by atoms with Crippen LogP contribution in [0.4, 0.5) is 0 Å². The van der Waals surface area contributed by atoms with Gasteiger partial charge in [-0.2, -0.15) is 0 Å². The molecule has 0 unspecified atom stereocenters. The molecule has 3 fully saturated rings. The first kappa shape index (κ1) is 15.1. The smallest absolute Gasteiger partial charge is 0.127 e. The van der Waals surface area contributed by atoms with Crippen molar-refractivity contribution in [1.82, 2.24) is 0 Å². The maximum absolute atomic E-state index is 6.55. The Bertz CT molecular complexity index is 482. The number of fused-ring (bicyclic) bond motifs is 3. The van der Waals surface area contributed by atoms with Gasteiger partial charge in [0.25, 0.3) is 0 Å². The van der Waals surface area contributed by atoms with Crippen LogP contribution >= 0.6 is 0 Å². The monoisotopic (exact) mass is 304 g/mol. The van der Waals surface area contributed by atoms with Crippen LogP contribution in [0.2, 0.25) is 0 Å². The van der Waals surface area contributed by atoms with Gasteiger partial charge < -0.3 is 9.47 Å². The zero-order valence-corrected chi connectivity index (χ0v) is 14.7. The fourth-order valence-corrected chi connectivity index (χ4v) is 6.91. The molecule has 1 aliphatic heterocycles. The molecule has 3 aliphatic carbocycles. The minimum atomic E-state index is -0.118. The lowest BCUT2D eigenvalue weighted by Gasteiger charge is -2.51. The first-order valence-electron chi connectivity index (χ1n) is 9.36. The third kappa shape index (κ3) is 1.76. The molecular formula is C20H32O2. The molecule has 0 saturated heterocycles. The molecule has 1 spiro atoms. The van der Waals surface area contributed by atoms with Crippen LogP contribution in [0.3, 0.4) is 0 Å². The predicted molar refractivity (Wildman–Crippen MR) is 88.4 cm³/mol. The molecule has 2 bridgehead atoms. The molecule has 0 amide bonds. The van der Waals surface area contributed by atoms with Crippen molar-refractivity contribution >= 4 is 0 Å². The van der Waals surface area contributed by atoms with Gasteiger partial charge in [0.1, 0.15) is 11.7 Å². The van der Waals surface area contributed by atoms with E-state index in [9.17, 15) is 0 Å². The Morgan fingerprint density at radius 3 is 2.68 bits per heavy atom. The van der Waals surface area contributed by atoms with Crippen LogP contribution in [0.5, 0.6) is 0 Å². The number of allylic oxidation sites excluding steroid dienone is 1. The molecule has 3 saturated carbocycles. The maximum atomic E-state index is 6.55. The second-order valence-electron chi connectivity index (χ2n) is 9.22. The second-order valence-corrected chi connectivity index (χ2v) is 9.22. The van der Waals surface area contributed by atoms with E-state index in [1.165, 1.54) is 25.7 Å². The Labute approximate surface area is 135 Å². The third-order valence-corrected chi connectivity index (χ3v) is 8.11. The van der Waals surface area contributed by atoms with Crippen molar-refractivity contribution in [2.75, 3.05) is 6.61 Å². The Morgan fingerprint density at radius 1 is 1.05 bits per heavy atom. The van der Waals surface area contributed by atoms with Crippen molar-refractivity contribution in [3.05, 3.63) is 12.3 Å². The van der Waals surface area contributed by atoms with Gasteiger partial charge >= 0.3 is 0 Å². The fourth-order valence-electron chi connectivity index (χ4n) is 6.91. The zero-order chi connectivity index (χ0) is 15.6. The average Bonchev–Trinajstić information content (AvgIpc) is 2.91. The highest BCUT2D eigenvalue weighted by atomic mass is 16.5. The van der Waals surface area contributed by atoms with Crippen molar-refractivity contribution in [3.8, 4) is 0 Å². The molecule has 2 heteroatoms. The van der Waals surface area contributed by atoms with Crippen molar-refractivity contribution in [2.24, 2.45) is 28.6 Å². The Hall–Kier alpha value is -0.500. The van der Waals surface area contributed by atoms with Crippen LogP contribution in [-0.4, -0.2) is 18.3 Å². The molecule has 0 radical (unpaired) electrons. The summed E-state index contributed by atoms with van der Waals surface area (Å²) >= 11 is 0. The summed E-state index contributed by atoms with van der Waals surface area (Å²) < 4.78 is 12.8. The van der Waals surface area contributed by atoms with Gasteiger partial charge in [-0.15, -0.1) is 0 Å². The summed E-state index contributed by atoms with van der Waals surface area (Å²) in [6, 6.07) is 0. The van der Waals surface area contributed by atoms with E-state index >= 15 is 0 Å². The summed E-state index contributed by atoms with van der Waals surface area (Å²) in [5, 5.41) is 0. The first-order valence-corrected chi connectivity index (χ1v) is 9.36. The molecule has 0 aromatic carbocycles. The highest BCUT2D eigenvalue weighted by Gasteiger charge is 2.71. The van der Waals surface area contributed by atoms with Gasteiger partial charge in [0, 0.05) is 6.61 Å². The van der Waals surface area contributed by atoms with Gasteiger partial charge in [-0.25, -0.2) is 0 Å². The van der Waals surface area contributed by atoms with Gasteiger partial charge in [-0.1, -0.05) is 20.8 Å². The largest absolute Gasteiger partial charge is 0.495 e. The van der Waals surface area contributed by atoms with Crippen molar-refractivity contribution in [3.63, 3.8) is 0 Å². The topological polar surface area (TPSA) is 18.5 Å².